The van der Waals surface area contributed by atoms with Crippen LogP contribution in [0.4, 0.5) is 14.6 Å². The first kappa shape index (κ1) is 27.7. The molecule has 1 aliphatic heterocycles. The number of pyridine rings is 1. The van der Waals surface area contributed by atoms with Crippen molar-refractivity contribution in [3.8, 4) is 0 Å². The van der Waals surface area contributed by atoms with Crippen LogP contribution in [0.15, 0.2) is 66.9 Å². The SMILES string of the molecule is CC(C)CCOC(=O)c1cccnc1N1CCN(CCCC(c2ccc(F)cc2)c2ccc(F)cc2)CC1. The summed E-state index contributed by atoms with van der Waals surface area (Å²) in [7, 11) is 0. The first-order valence-electron chi connectivity index (χ1n) is 13.5. The highest BCUT2D eigenvalue weighted by Gasteiger charge is 2.24. The summed E-state index contributed by atoms with van der Waals surface area (Å²) in [6, 6.07) is 16.8. The van der Waals surface area contributed by atoms with Crippen LogP contribution >= 0.6 is 0 Å². The molecule has 5 nitrogen and oxygen atoms in total. The van der Waals surface area contributed by atoms with Crippen LogP contribution in [0, 0.1) is 17.6 Å². The number of hydrogen-bond donors (Lipinski definition) is 0. The number of carbonyl (C=O) groups is 1. The van der Waals surface area contributed by atoms with Crippen LogP contribution in [0.5, 0.6) is 0 Å². The average Bonchev–Trinajstić information content (AvgIpc) is 2.92. The predicted molar refractivity (Wildman–Crippen MR) is 147 cm³/mol. The van der Waals surface area contributed by atoms with E-state index in [1.54, 1.807) is 18.3 Å². The van der Waals surface area contributed by atoms with E-state index in [4.69, 9.17) is 4.74 Å². The van der Waals surface area contributed by atoms with Crippen LogP contribution in [0.1, 0.15) is 60.5 Å². The second kappa shape index (κ2) is 13.5. The van der Waals surface area contributed by atoms with Crippen molar-refractivity contribution < 1.29 is 18.3 Å². The molecule has 0 N–H and O–H groups in total. The predicted octanol–water partition coefficient (Wildman–Crippen LogP) is 6.30. The Bertz CT molecular complexity index is 1120. The Morgan fingerprint density at radius 3 is 2.08 bits per heavy atom. The van der Waals surface area contributed by atoms with Crippen LogP contribution in [-0.2, 0) is 4.74 Å². The Balaban J connectivity index is 1.32. The smallest absolute Gasteiger partial charge is 0.341 e. The van der Waals surface area contributed by atoms with Crippen molar-refractivity contribution in [1.29, 1.82) is 0 Å². The van der Waals surface area contributed by atoms with Crippen molar-refractivity contribution in [2.45, 2.75) is 39.0 Å². The molecule has 3 aromatic rings. The van der Waals surface area contributed by atoms with Crippen molar-refractivity contribution in [2.75, 3.05) is 44.2 Å². The van der Waals surface area contributed by atoms with Crippen molar-refractivity contribution in [2.24, 2.45) is 5.92 Å². The summed E-state index contributed by atoms with van der Waals surface area (Å²) in [5, 5.41) is 0. The molecule has 0 unspecified atom stereocenters. The van der Waals surface area contributed by atoms with E-state index in [0.29, 0.717) is 23.9 Å². The molecule has 1 saturated heterocycles. The number of hydrogen-bond acceptors (Lipinski definition) is 5. The fourth-order valence-corrected chi connectivity index (χ4v) is 4.89. The molecule has 0 spiro atoms. The van der Waals surface area contributed by atoms with E-state index < -0.39 is 0 Å². The van der Waals surface area contributed by atoms with E-state index in [-0.39, 0.29) is 23.5 Å². The number of anilines is 1. The van der Waals surface area contributed by atoms with Gasteiger partial charge in [0.05, 0.1) is 6.61 Å². The molecule has 38 heavy (non-hydrogen) atoms. The normalized spacial score (nSPS) is 14.3. The topological polar surface area (TPSA) is 45.7 Å². The summed E-state index contributed by atoms with van der Waals surface area (Å²) in [5.74, 6) is 0.410. The average molecular weight is 522 g/mol. The number of aromatic nitrogens is 1. The van der Waals surface area contributed by atoms with Crippen LogP contribution in [0.2, 0.25) is 0 Å². The highest BCUT2D eigenvalue weighted by Crippen LogP contribution is 2.30. The number of carbonyl (C=O) groups excluding carboxylic acids is 1. The van der Waals surface area contributed by atoms with Gasteiger partial charge in [-0.2, -0.15) is 0 Å². The number of ether oxygens (including phenoxy) is 1. The minimum atomic E-state index is -0.316. The molecule has 0 atom stereocenters. The minimum absolute atomic E-state index is 0.0790. The summed E-state index contributed by atoms with van der Waals surface area (Å²) < 4.78 is 32.5. The summed E-state index contributed by atoms with van der Waals surface area (Å²) in [5.41, 5.74) is 2.59. The third kappa shape index (κ3) is 7.60. The molecule has 0 aliphatic carbocycles. The molecular weight excluding hydrogens is 484 g/mol. The zero-order valence-corrected chi connectivity index (χ0v) is 22.3. The fourth-order valence-electron chi connectivity index (χ4n) is 4.89. The van der Waals surface area contributed by atoms with E-state index in [1.165, 1.54) is 24.3 Å². The lowest BCUT2D eigenvalue weighted by Gasteiger charge is -2.36. The number of halogens is 2. The van der Waals surface area contributed by atoms with E-state index >= 15 is 0 Å². The van der Waals surface area contributed by atoms with Crippen LogP contribution in [-0.4, -0.2) is 55.2 Å². The Morgan fingerprint density at radius 2 is 1.50 bits per heavy atom. The lowest BCUT2D eigenvalue weighted by atomic mass is 9.87. The summed E-state index contributed by atoms with van der Waals surface area (Å²) in [6.45, 7) is 8.86. The van der Waals surface area contributed by atoms with E-state index in [0.717, 1.165) is 63.1 Å². The van der Waals surface area contributed by atoms with Crippen molar-refractivity contribution in [3.63, 3.8) is 0 Å². The molecule has 7 heteroatoms. The molecular formula is C31H37F2N3O2. The maximum absolute atomic E-state index is 13.5. The van der Waals surface area contributed by atoms with Crippen LogP contribution in [0.25, 0.3) is 0 Å². The van der Waals surface area contributed by atoms with Gasteiger partial charge in [-0.1, -0.05) is 38.1 Å². The Hall–Kier alpha value is -3.32. The first-order valence-corrected chi connectivity index (χ1v) is 13.5. The second-order valence-corrected chi connectivity index (χ2v) is 10.3. The second-order valence-electron chi connectivity index (χ2n) is 10.3. The summed E-state index contributed by atoms with van der Waals surface area (Å²) in [6.07, 6.45) is 4.39. The zero-order valence-electron chi connectivity index (χ0n) is 22.3. The lowest BCUT2D eigenvalue weighted by Crippen LogP contribution is -2.47. The molecule has 0 bridgehead atoms. The highest BCUT2D eigenvalue weighted by molar-refractivity contribution is 5.94. The largest absolute Gasteiger partial charge is 0.462 e. The Morgan fingerprint density at radius 1 is 0.895 bits per heavy atom. The summed E-state index contributed by atoms with van der Waals surface area (Å²) >= 11 is 0. The zero-order chi connectivity index (χ0) is 26.9. The number of rotatable bonds is 11. The van der Waals surface area contributed by atoms with E-state index in [9.17, 15) is 13.6 Å². The van der Waals surface area contributed by atoms with Gasteiger partial charge in [0.15, 0.2) is 0 Å². The third-order valence-corrected chi connectivity index (χ3v) is 7.12. The molecule has 1 aromatic heterocycles. The third-order valence-electron chi connectivity index (χ3n) is 7.12. The number of benzene rings is 2. The van der Waals surface area contributed by atoms with Gasteiger partial charge in [-0.3, -0.25) is 4.90 Å². The molecule has 2 heterocycles. The first-order chi connectivity index (χ1) is 18.4. The Kier molecular flexibility index (Phi) is 9.82. The van der Waals surface area contributed by atoms with Gasteiger partial charge in [0.1, 0.15) is 23.0 Å². The highest BCUT2D eigenvalue weighted by atomic mass is 19.1. The Labute approximate surface area is 224 Å². The molecule has 202 valence electrons. The number of esters is 1. The van der Waals surface area contributed by atoms with E-state index in [2.05, 4.69) is 28.6 Å². The molecule has 0 amide bonds. The quantitative estimate of drug-likeness (QED) is 0.277. The van der Waals surface area contributed by atoms with Crippen molar-refractivity contribution in [3.05, 3.63) is 95.2 Å². The molecule has 0 radical (unpaired) electrons. The lowest BCUT2D eigenvalue weighted by molar-refractivity contribution is 0.0488. The fraction of sp³-hybridized carbons (Fsp3) is 0.419. The molecule has 2 aromatic carbocycles. The molecule has 1 fully saturated rings. The molecule has 0 saturated carbocycles. The standard InChI is InChI=1S/C31H37F2N3O2/c1-23(2)15-22-38-31(37)29-5-3-16-34-30(29)36-20-18-35(19-21-36)17-4-6-28(24-7-11-26(32)12-8-24)25-9-13-27(33)14-10-25/h3,5,7-14,16,23,28H,4,6,15,17-22H2,1-2H3. The number of piperazine rings is 1. The van der Waals surface area contributed by atoms with E-state index in [1.807, 2.05) is 24.3 Å². The van der Waals surface area contributed by atoms with Gasteiger partial charge in [0.2, 0.25) is 0 Å². The monoisotopic (exact) mass is 521 g/mol. The number of nitrogens with zero attached hydrogens (tertiary/aromatic N) is 3. The summed E-state index contributed by atoms with van der Waals surface area (Å²) in [4.78, 5) is 21.8. The maximum atomic E-state index is 13.5. The van der Waals surface area contributed by atoms with Gasteiger partial charge in [-0.25, -0.2) is 18.6 Å². The van der Waals surface area contributed by atoms with Crippen LogP contribution < -0.4 is 4.90 Å². The molecule has 4 rings (SSSR count). The van der Waals surface area contributed by atoms with Gasteiger partial charge in [0.25, 0.3) is 0 Å². The van der Waals surface area contributed by atoms with Gasteiger partial charge >= 0.3 is 5.97 Å². The van der Waals surface area contributed by atoms with Gasteiger partial charge in [-0.05, 0) is 79.3 Å². The van der Waals surface area contributed by atoms with Crippen molar-refractivity contribution >= 4 is 11.8 Å². The molecule has 1 aliphatic rings. The maximum Gasteiger partial charge on any atom is 0.341 e. The van der Waals surface area contributed by atoms with Gasteiger partial charge in [0, 0.05) is 38.3 Å². The van der Waals surface area contributed by atoms with Gasteiger partial charge in [-0.15, -0.1) is 0 Å². The van der Waals surface area contributed by atoms with Crippen LogP contribution in [0.3, 0.4) is 0 Å². The van der Waals surface area contributed by atoms with Crippen molar-refractivity contribution in [1.82, 2.24) is 9.88 Å². The minimum Gasteiger partial charge on any atom is -0.462 e. The van der Waals surface area contributed by atoms with Gasteiger partial charge < -0.3 is 9.64 Å².